The standard InChI is InChI=1S/C12H12BrClN2S/c13-12-4-2-9(17-12)5-6-16-11-7-8(14)1-3-10(11)15/h1-4,7,16H,5-6,15H2. The van der Waals surface area contributed by atoms with Gasteiger partial charge in [-0.1, -0.05) is 11.6 Å². The molecule has 0 aliphatic heterocycles. The maximum Gasteiger partial charge on any atom is 0.0701 e. The number of hydrogen-bond donors (Lipinski definition) is 2. The van der Waals surface area contributed by atoms with Crippen molar-refractivity contribution in [1.29, 1.82) is 0 Å². The van der Waals surface area contributed by atoms with Crippen LogP contribution in [0.4, 0.5) is 11.4 Å². The third-order valence-corrected chi connectivity index (χ3v) is 4.25. The third kappa shape index (κ3) is 3.63. The molecule has 0 bridgehead atoms. The van der Waals surface area contributed by atoms with Gasteiger partial charge in [0, 0.05) is 16.4 Å². The quantitative estimate of drug-likeness (QED) is 0.815. The van der Waals surface area contributed by atoms with Gasteiger partial charge >= 0.3 is 0 Å². The molecule has 0 fully saturated rings. The van der Waals surface area contributed by atoms with Gasteiger partial charge in [-0.15, -0.1) is 11.3 Å². The summed E-state index contributed by atoms with van der Waals surface area (Å²) in [6.45, 7) is 0.845. The smallest absolute Gasteiger partial charge is 0.0701 e. The molecule has 0 radical (unpaired) electrons. The van der Waals surface area contributed by atoms with Gasteiger partial charge in [0.2, 0.25) is 0 Å². The Bertz CT molecular complexity index is 513. The van der Waals surface area contributed by atoms with E-state index in [4.69, 9.17) is 17.3 Å². The molecule has 0 aliphatic rings. The minimum absolute atomic E-state index is 0.695. The van der Waals surface area contributed by atoms with Gasteiger partial charge in [0.15, 0.2) is 0 Å². The second kappa shape index (κ2) is 5.76. The first-order chi connectivity index (χ1) is 8.15. The van der Waals surface area contributed by atoms with Gasteiger partial charge in [0.25, 0.3) is 0 Å². The van der Waals surface area contributed by atoms with E-state index >= 15 is 0 Å². The highest BCUT2D eigenvalue weighted by molar-refractivity contribution is 9.11. The minimum Gasteiger partial charge on any atom is -0.397 e. The van der Waals surface area contributed by atoms with Crippen LogP contribution in [0.3, 0.4) is 0 Å². The van der Waals surface area contributed by atoms with Crippen molar-refractivity contribution >= 4 is 50.2 Å². The van der Waals surface area contributed by atoms with Crippen LogP contribution in [0.5, 0.6) is 0 Å². The SMILES string of the molecule is Nc1ccc(Cl)cc1NCCc1ccc(Br)s1. The van der Waals surface area contributed by atoms with E-state index in [0.717, 1.165) is 28.1 Å². The molecule has 0 unspecified atom stereocenters. The molecule has 0 saturated carbocycles. The Labute approximate surface area is 118 Å². The lowest BCUT2D eigenvalue weighted by Crippen LogP contribution is -2.06. The van der Waals surface area contributed by atoms with Gasteiger partial charge in [0.05, 0.1) is 15.2 Å². The van der Waals surface area contributed by atoms with E-state index in [1.807, 2.05) is 12.1 Å². The number of nitrogen functional groups attached to an aromatic ring is 1. The summed E-state index contributed by atoms with van der Waals surface area (Å²) >= 11 is 11.1. The van der Waals surface area contributed by atoms with Gasteiger partial charge in [-0.2, -0.15) is 0 Å². The van der Waals surface area contributed by atoms with Crippen molar-refractivity contribution < 1.29 is 0 Å². The summed E-state index contributed by atoms with van der Waals surface area (Å²) in [6, 6.07) is 9.64. The summed E-state index contributed by atoms with van der Waals surface area (Å²) in [5, 5.41) is 3.99. The zero-order valence-electron chi connectivity index (χ0n) is 9.04. The number of halogens is 2. The van der Waals surface area contributed by atoms with Gasteiger partial charge < -0.3 is 11.1 Å². The summed E-state index contributed by atoms with van der Waals surface area (Å²) in [6.07, 6.45) is 0.974. The summed E-state index contributed by atoms with van der Waals surface area (Å²) < 4.78 is 1.16. The second-order valence-electron chi connectivity index (χ2n) is 3.61. The fourth-order valence-electron chi connectivity index (χ4n) is 1.49. The summed E-state index contributed by atoms with van der Waals surface area (Å²) in [7, 11) is 0. The fraction of sp³-hybridized carbons (Fsp3) is 0.167. The Morgan fingerprint density at radius 1 is 1.29 bits per heavy atom. The maximum atomic E-state index is 5.92. The van der Waals surface area contributed by atoms with Crippen LogP contribution in [-0.4, -0.2) is 6.54 Å². The number of rotatable bonds is 4. The first kappa shape index (κ1) is 12.7. The molecule has 0 spiro atoms. The Morgan fingerprint density at radius 2 is 2.12 bits per heavy atom. The molecule has 5 heteroatoms. The van der Waals surface area contributed by atoms with Crippen LogP contribution >= 0.6 is 38.9 Å². The van der Waals surface area contributed by atoms with Crippen molar-refractivity contribution in [3.05, 3.63) is 44.0 Å². The van der Waals surface area contributed by atoms with E-state index in [1.54, 1.807) is 17.4 Å². The average molecular weight is 332 g/mol. The van der Waals surface area contributed by atoms with Crippen molar-refractivity contribution in [3.8, 4) is 0 Å². The van der Waals surface area contributed by atoms with Crippen molar-refractivity contribution in [1.82, 2.24) is 0 Å². The molecular formula is C12H12BrClN2S. The summed E-state index contributed by atoms with van der Waals surface area (Å²) in [4.78, 5) is 1.34. The highest BCUT2D eigenvalue weighted by Crippen LogP contribution is 2.24. The fourth-order valence-corrected chi connectivity index (χ4v) is 3.14. The second-order valence-corrected chi connectivity index (χ2v) is 6.60. The highest BCUT2D eigenvalue weighted by atomic mass is 79.9. The predicted molar refractivity (Wildman–Crippen MR) is 80.1 cm³/mol. The molecule has 0 saturated heterocycles. The number of thiophene rings is 1. The molecule has 3 N–H and O–H groups in total. The topological polar surface area (TPSA) is 38.0 Å². The largest absolute Gasteiger partial charge is 0.397 e. The number of nitrogens with one attached hydrogen (secondary N) is 1. The van der Waals surface area contributed by atoms with E-state index in [2.05, 4.69) is 33.4 Å². The predicted octanol–water partition coefficient (Wildman–Crippen LogP) is 4.40. The minimum atomic E-state index is 0.695. The lowest BCUT2D eigenvalue weighted by atomic mass is 10.2. The molecule has 1 aromatic heterocycles. The van der Waals surface area contributed by atoms with E-state index < -0.39 is 0 Å². The molecule has 0 aliphatic carbocycles. The van der Waals surface area contributed by atoms with Crippen molar-refractivity contribution in [2.24, 2.45) is 0 Å². The first-order valence-corrected chi connectivity index (χ1v) is 7.17. The van der Waals surface area contributed by atoms with Gasteiger partial charge in [-0.3, -0.25) is 0 Å². The molecule has 17 heavy (non-hydrogen) atoms. The summed E-state index contributed by atoms with van der Waals surface area (Å²) in [5.41, 5.74) is 7.47. The Hall–Kier alpha value is -0.710. The monoisotopic (exact) mass is 330 g/mol. The number of benzene rings is 1. The number of nitrogens with two attached hydrogens (primary N) is 1. The zero-order chi connectivity index (χ0) is 12.3. The van der Waals surface area contributed by atoms with Crippen molar-refractivity contribution in [2.75, 3.05) is 17.6 Å². The molecule has 90 valence electrons. The van der Waals surface area contributed by atoms with Crippen LogP contribution in [0, 0.1) is 0 Å². The normalized spacial score (nSPS) is 10.5. The lowest BCUT2D eigenvalue weighted by molar-refractivity contribution is 1.05. The van der Waals surface area contributed by atoms with E-state index in [9.17, 15) is 0 Å². The van der Waals surface area contributed by atoms with Gasteiger partial charge in [0.1, 0.15) is 0 Å². The van der Waals surface area contributed by atoms with Crippen LogP contribution in [0.1, 0.15) is 4.88 Å². The highest BCUT2D eigenvalue weighted by Gasteiger charge is 2.01. The van der Waals surface area contributed by atoms with Crippen molar-refractivity contribution in [2.45, 2.75) is 6.42 Å². The summed E-state index contributed by atoms with van der Waals surface area (Å²) in [5.74, 6) is 0. The molecule has 1 heterocycles. The van der Waals surface area contributed by atoms with Crippen LogP contribution < -0.4 is 11.1 Å². The van der Waals surface area contributed by atoms with Crippen LogP contribution in [0.2, 0.25) is 5.02 Å². The van der Waals surface area contributed by atoms with E-state index in [1.165, 1.54) is 4.88 Å². The van der Waals surface area contributed by atoms with Crippen LogP contribution in [-0.2, 0) is 6.42 Å². The van der Waals surface area contributed by atoms with E-state index in [0.29, 0.717) is 5.02 Å². The molecule has 2 aromatic rings. The van der Waals surface area contributed by atoms with Gasteiger partial charge in [-0.05, 0) is 52.7 Å². The molecule has 2 nitrogen and oxygen atoms in total. The van der Waals surface area contributed by atoms with Crippen LogP contribution in [0.25, 0.3) is 0 Å². The molecule has 0 atom stereocenters. The maximum absolute atomic E-state index is 5.92. The first-order valence-electron chi connectivity index (χ1n) is 5.18. The Kier molecular flexibility index (Phi) is 4.31. The van der Waals surface area contributed by atoms with Gasteiger partial charge in [-0.25, -0.2) is 0 Å². The molecule has 0 amide bonds. The number of anilines is 2. The molecule has 2 rings (SSSR count). The molecule has 1 aromatic carbocycles. The molecular weight excluding hydrogens is 320 g/mol. The Balaban J connectivity index is 1.91. The lowest BCUT2D eigenvalue weighted by Gasteiger charge is -2.08. The zero-order valence-corrected chi connectivity index (χ0v) is 12.2. The van der Waals surface area contributed by atoms with Crippen molar-refractivity contribution in [3.63, 3.8) is 0 Å². The number of hydrogen-bond acceptors (Lipinski definition) is 3. The third-order valence-electron chi connectivity index (χ3n) is 2.33. The Morgan fingerprint density at radius 3 is 2.82 bits per heavy atom. The van der Waals surface area contributed by atoms with E-state index in [-0.39, 0.29) is 0 Å². The average Bonchev–Trinajstić information content (AvgIpc) is 2.69. The van der Waals surface area contributed by atoms with Crippen LogP contribution in [0.15, 0.2) is 34.1 Å².